The SMILES string of the molecule is COc1ccc(OC)c(NC(=O)c2c[nH]c(=O)n(-c3ccc(OC)c(OC)c3)c2=O)c1. The first-order chi connectivity index (χ1) is 14.9. The summed E-state index contributed by atoms with van der Waals surface area (Å²) in [6.07, 6.45) is 1.06. The van der Waals surface area contributed by atoms with Gasteiger partial charge in [-0.3, -0.25) is 9.59 Å². The van der Waals surface area contributed by atoms with Gasteiger partial charge >= 0.3 is 5.69 Å². The summed E-state index contributed by atoms with van der Waals surface area (Å²) < 4.78 is 21.6. The molecule has 0 aliphatic rings. The van der Waals surface area contributed by atoms with E-state index in [-0.39, 0.29) is 11.3 Å². The maximum atomic E-state index is 13.0. The molecule has 3 aromatic rings. The molecule has 31 heavy (non-hydrogen) atoms. The van der Waals surface area contributed by atoms with Gasteiger partial charge in [0, 0.05) is 18.3 Å². The molecule has 0 bridgehead atoms. The number of aromatic amines is 1. The van der Waals surface area contributed by atoms with Crippen molar-refractivity contribution < 1.29 is 23.7 Å². The molecule has 0 aliphatic heterocycles. The van der Waals surface area contributed by atoms with Gasteiger partial charge in [0.2, 0.25) is 0 Å². The lowest BCUT2D eigenvalue weighted by atomic mass is 10.2. The molecule has 0 saturated heterocycles. The first-order valence-electron chi connectivity index (χ1n) is 9.04. The number of anilines is 1. The van der Waals surface area contributed by atoms with Crippen molar-refractivity contribution >= 4 is 11.6 Å². The van der Waals surface area contributed by atoms with Gasteiger partial charge in [0.15, 0.2) is 11.5 Å². The van der Waals surface area contributed by atoms with E-state index in [1.165, 1.54) is 40.6 Å². The van der Waals surface area contributed by atoms with Gasteiger partial charge in [0.25, 0.3) is 11.5 Å². The van der Waals surface area contributed by atoms with Crippen LogP contribution in [0.4, 0.5) is 5.69 Å². The van der Waals surface area contributed by atoms with Crippen LogP contribution in [0, 0.1) is 0 Å². The molecular formula is C21H21N3O7. The molecule has 0 radical (unpaired) electrons. The number of hydrogen-bond donors (Lipinski definition) is 2. The number of nitrogens with one attached hydrogen (secondary N) is 2. The smallest absolute Gasteiger partial charge is 0.333 e. The van der Waals surface area contributed by atoms with E-state index in [1.807, 2.05) is 0 Å². The molecule has 1 amide bonds. The fourth-order valence-electron chi connectivity index (χ4n) is 2.94. The van der Waals surface area contributed by atoms with Crippen LogP contribution < -0.4 is 35.5 Å². The number of carbonyl (C=O) groups is 1. The Morgan fingerprint density at radius 3 is 2.19 bits per heavy atom. The molecule has 0 saturated carbocycles. The van der Waals surface area contributed by atoms with E-state index in [9.17, 15) is 14.4 Å². The van der Waals surface area contributed by atoms with Gasteiger partial charge in [-0.05, 0) is 24.3 Å². The van der Waals surface area contributed by atoms with Crippen LogP contribution in [-0.2, 0) is 0 Å². The molecule has 0 spiro atoms. The number of amides is 1. The minimum Gasteiger partial charge on any atom is -0.497 e. The van der Waals surface area contributed by atoms with Crippen LogP contribution in [-0.4, -0.2) is 43.9 Å². The first kappa shape index (κ1) is 21.5. The third-order valence-electron chi connectivity index (χ3n) is 4.50. The molecule has 0 aliphatic carbocycles. The predicted molar refractivity (Wildman–Crippen MR) is 113 cm³/mol. The second-order valence-corrected chi connectivity index (χ2v) is 6.21. The maximum absolute atomic E-state index is 13.0. The highest BCUT2D eigenvalue weighted by Gasteiger charge is 2.19. The number of carbonyl (C=O) groups excluding carboxylic acids is 1. The Balaban J connectivity index is 2.05. The van der Waals surface area contributed by atoms with Crippen molar-refractivity contribution in [3.05, 3.63) is 69.0 Å². The summed E-state index contributed by atoms with van der Waals surface area (Å²) in [5.74, 6) is 0.873. The number of ether oxygens (including phenoxy) is 4. The van der Waals surface area contributed by atoms with E-state index >= 15 is 0 Å². The van der Waals surface area contributed by atoms with Crippen LogP contribution in [0.3, 0.4) is 0 Å². The fourth-order valence-corrected chi connectivity index (χ4v) is 2.94. The Labute approximate surface area is 177 Å². The Hall–Kier alpha value is -4.21. The Bertz CT molecular complexity index is 1230. The second-order valence-electron chi connectivity index (χ2n) is 6.21. The summed E-state index contributed by atoms with van der Waals surface area (Å²) in [7, 11) is 5.83. The molecule has 1 heterocycles. The van der Waals surface area contributed by atoms with Crippen molar-refractivity contribution in [1.29, 1.82) is 0 Å². The summed E-state index contributed by atoms with van der Waals surface area (Å²) in [6, 6.07) is 9.35. The van der Waals surface area contributed by atoms with Crippen LogP contribution in [0.2, 0.25) is 0 Å². The zero-order valence-electron chi connectivity index (χ0n) is 17.3. The molecule has 162 valence electrons. The van der Waals surface area contributed by atoms with Crippen LogP contribution in [0.5, 0.6) is 23.0 Å². The Morgan fingerprint density at radius 2 is 1.55 bits per heavy atom. The minimum atomic E-state index is -0.810. The lowest BCUT2D eigenvalue weighted by molar-refractivity contribution is 0.102. The topological polar surface area (TPSA) is 121 Å². The summed E-state index contributed by atoms with van der Waals surface area (Å²) in [4.78, 5) is 40.6. The van der Waals surface area contributed by atoms with Crippen LogP contribution in [0.25, 0.3) is 5.69 Å². The highest BCUT2D eigenvalue weighted by molar-refractivity contribution is 6.04. The average Bonchev–Trinajstić information content (AvgIpc) is 2.78. The number of aromatic nitrogens is 2. The van der Waals surface area contributed by atoms with Gasteiger partial charge in [0.1, 0.15) is 17.1 Å². The van der Waals surface area contributed by atoms with Crippen molar-refractivity contribution in [1.82, 2.24) is 9.55 Å². The van der Waals surface area contributed by atoms with Gasteiger partial charge in [-0.25, -0.2) is 9.36 Å². The Kier molecular flexibility index (Phi) is 6.29. The molecule has 2 aromatic carbocycles. The van der Waals surface area contributed by atoms with Crippen molar-refractivity contribution in [3.63, 3.8) is 0 Å². The number of hydrogen-bond acceptors (Lipinski definition) is 7. The highest BCUT2D eigenvalue weighted by Crippen LogP contribution is 2.30. The summed E-state index contributed by atoms with van der Waals surface area (Å²) in [5.41, 5.74) is -1.30. The molecule has 0 unspecified atom stereocenters. The first-order valence-corrected chi connectivity index (χ1v) is 9.04. The average molecular weight is 427 g/mol. The molecule has 1 aromatic heterocycles. The van der Waals surface area contributed by atoms with E-state index in [0.29, 0.717) is 28.7 Å². The second kappa shape index (κ2) is 9.08. The molecule has 10 heteroatoms. The fraction of sp³-hybridized carbons (Fsp3) is 0.190. The van der Waals surface area contributed by atoms with Crippen LogP contribution >= 0.6 is 0 Å². The monoisotopic (exact) mass is 427 g/mol. The maximum Gasteiger partial charge on any atom is 0.333 e. The summed E-state index contributed by atoms with van der Waals surface area (Å²) in [6.45, 7) is 0. The largest absolute Gasteiger partial charge is 0.497 e. The van der Waals surface area contributed by atoms with Crippen LogP contribution in [0.1, 0.15) is 10.4 Å². The van der Waals surface area contributed by atoms with E-state index in [2.05, 4.69) is 10.3 Å². The standard InChI is InChI=1S/C21H21N3O7/c1-28-13-6-8-16(29-2)15(10-13)23-19(25)14-11-22-21(27)24(20(14)26)12-5-7-17(30-3)18(9-12)31-4/h5-11H,1-4H3,(H,22,27)(H,23,25). The number of H-pyrrole nitrogens is 1. The van der Waals surface area contributed by atoms with E-state index in [0.717, 1.165) is 10.8 Å². The third kappa shape index (κ3) is 4.22. The molecule has 3 rings (SSSR count). The zero-order valence-corrected chi connectivity index (χ0v) is 17.3. The third-order valence-corrected chi connectivity index (χ3v) is 4.50. The van der Waals surface area contributed by atoms with Gasteiger partial charge in [-0.2, -0.15) is 0 Å². The lowest BCUT2D eigenvalue weighted by Crippen LogP contribution is -2.38. The van der Waals surface area contributed by atoms with E-state index in [1.54, 1.807) is 24.3 Å². The van der Waals surface area contributed by atoms with Gasteiger partial charge in [-0.15, -0.1) is 0 Å². The van der Waals surface area contributed by atoms with Crippen molar-refractivity contribution in [2.45, 2.75) is 0 Å². The summed E-state index contributed by atoms with van der Waals surface area (Å²) >= 11 is 0. The van der Waals surface area contributed by atoms with Gasteiger partial charge < -0.3 is 29.2 Å². The quantitative estimate of drug-likeness (QED) is 0.590. The van der Waals surface area contributed by atoms with Crippen LogP contribution in [0.15, 0.2) is 52.2 Å². The molecule has 0 fully saturated rings. The number of benzene rings is 2. The molecule has 0 atom stereocenters. The normalized spacial score (nSPS) is 10.3. The van der Waals surface area contributed by atoms with Gasteiger partial charge in [0.05, 0.1) is 39.8 Å². The molecular weight excluding hydrogens is 406 g/mol. The minimum absolute atomic E-state index is 0.206. The number of methoxy groups -OCH3 is 4. The predicted octanol–water partition coefficient (Wildman–Crippen LogP) is 1.81. The van der Waals surface area contributed by atoms with Crippen molar-refractivity contribution in [3.8, 4) is 28.7 Å². The number of nitrogens with zero attached hydrogens (tertiary/aromatic N) is 1. The molecule has 2 N–H and O–H groups in total. The van der Waals surface area contributed by atoms with Gasteiger partial charge in [-0.1, -0.05) is 0 Å². The number of rotatable bonds is 7. The summed E-state index contributed by atoms with van der Waals surface area (Å²) in [5, 5.41) is 2.61. The van der Waals surface area contributed by atoms with Crippen molar-refractivity contribution in [2.24, 2.45) is 0 Å². The Morgan fingerprint density at radius 1 is 0.871 bits per heavy atom. The zero-order chi connectivity index (χ0) is 22.5. The van der Waals surface area contributed by atoms with E-state index < -0.39 is 17.2 Å². The highest BCUT2D eigenvalue weighted by atomic mass is 16.5. The van der Waals surface area contributed by atoms with Crippen molar-refractivity contribution in [2.75, 3.05) is 33.8 Å². The lowest BCUT2D eigenvalue weighted by Gasteiger charge is -2.13. The molecule has 10 nitrogen and oxygen atoms in total. The van der Waals surface area contributed by atoms with E-state index in [4.69, 9.17) is 18.9 Å².